The molecule has 4 nitrogen and oxygen atoms in total. The number of rotatable bonds is 5. The highest BCUT2D eigenvalue weighted by Gasteiger charge is 2.84. The lowest BCUT2D eigenvalue weighted by Crippen LogP contribution is -2.24. The van der Waals surface area contributed by atoms with E-state index in [2.05, 4.69) is 0 Å². The first-order chi connectivity index (χ1) is 13.2. The Balaban J connectivity index is 2.10. The van der Waals surface area contributed by atoms with E-state index in [0.29, 0.717) is 11.5 Å². The number of carbonyl (C=O) groups is 1. The standard InChI is InChI=1S/C22H19Cl2NO3/c1-20(2)21(3,19(26)27-14-25)22(20,13-18(23)24)15-8-7-11-17(12-15)28-16-9-5-4-6-10-16/h4-13H,1-3H3/t21-,22?/m0/s1. The minimum absolute atomic E-state index is 0.0379. The van der Waals surface area contributed by atoms with Gasteiger partial charge >= 0.3 is 5.97 Å². The van der Waals surface area contributed by atoms with Gasteiger partial charge in [-0.05, 0) is 48.2 Å². The Morgan fingerprint density at radius 1 is 1.04 bits per heavy atom. The summed E-state index contributed by atoms with van der Waals surface area (Å²) < 4.78 is 10.7. The maximum absolute atomic E-state index is 12.7. The Kier molecular flexibility index (Phi) is 5.18. The number of ether oxygens (including phenoxy) is 2. The van der Waals surface area contributed by atoms with E-state index < -0.39 is 22.2 Å². The van der Waals surface area contributed by atoms with Gasteiger partial charge in [-0.25, -0.2) is 0 Å². The molecular weight excluding hydrogens is 397 g/mol. The summed E-state index contributed by atoms with van der Waals surface area (Å²) in [6.07, 6.45) is 3.13. The summed E-state index contributed by atoms with van der Waals surface area (Å²) in [4.78, 5) is 12.7. The van der Waals surface area contributed by atoms with E-state index in [1.165, 1.54) is 6.26 Å². The van der Waals surface area contributed by atoms with E-state index in [4.69, 9.17) is 37.9 Å². The molecule has 0 N–H and O–H groups in total. The zero-order valence-electron chi connectivity index (χ0n) is 15.7. The Morgan fingerprint density at radius 2 is 1.68 bits per heavy atom. The molecule has 28 heavy (non-hydrogen) atoms. The van der Waals surface area contributed by atoms with Gasteiger partial charge in [-0.2, -0.15) is 0 Å². The van der Waals surface area contributed by atoms with Crippen molar-refractivity contribution >= 4 is 29.2 Å². The molecule has 1 fully saturated rings. The lowest BCUT2D eigenvalue weighted by Gasteiger charge is -2.19. The van der Waals surface area contributed by atoms with Gasteiger partial charge in [0.15, 0.2) is 0 Å². The summed E-state index contributed by atoms with van der Waals surface area (Å²) >= 11 is 12.1. The van der Waals surface area contributed by atoms with E-state index in [1.54, 1.807) is 13.0 Å². The molecular formula is C22H19Cl2NO3. The molecule has 1 unspecified atom stereocenters. The van der Waals surface area contributed by atoms with Crippen molar-refractivity contribution in [3.8, 4) is 17.8 Å². The van der Waals surface area contributed by atoms with Gasteiger partial charge in [-0.1, -0.05) is 67.4 Å². The smallest absolute Gasteiger partial charge is 0.329 e. The molecule has 1 saturated carbocycles. The Bertz CT molecular complexity index is 977. The van der Waals surface area contributed by atoms with Crippen molar-refractivity contribution < 1.29 is 14.3 Å². The third-order valence-corrected chi connectivity index (χ3v) is 6.32. The molecule has 0 aliphatic heterocycles. The van der Waals surface area contributed by atoms with Crippen LogP contribution < -0.4 is 4.74 Å². The van der Waals surface area contributed by atoms with Crippen LogP contribution in [0.15, 0.2) is 65.2 Å². The van der Waals surface area contributed by atoms with Crippen LogP contribution in [-0.2, 0) is 14.9 Å². The minimum Gasteiger partial charge on any atom is -0.457 e. The van der Waals surface area contributed by atoms with Crippen molar-refractivity contribution in [3.63, 3.8) is 0 Å². The largest absolute Gasteiger partial charge is 0.457 e. The quantitative estimate of drug-likeness (QED) is 0.436. The molecule has 6 heteroatoms. The second-order valence-electron chi connectivity index (χ2n) is 7.42. The molecule has 0 aromatic heterocycles. The molecule has 0 radical (unpaired) electrons. The number of hydrogen-bond donors (Lipinski definition) is 0. The van der Waals surface area contributed by atoms with E-state index in [1.807, 2.05) is 68.4 Å². The zero-order valence-corrected chi connectivity index (χ0v) is 17.2. The third kappa shape index (κ3) is 2.87. The zero-order chi connectivity index (χ0) is 20.6. The number of nitriles is 1. The molecule has 2 aromatic rings. The number of benzene rings is 2. The summed E-state index contributed by atoms with van der Waals surface area (Å²) in [5.74, 6) is 0.683. The maximum atomic E-state index is 12.7. The van der Waals surface area contributed by atoms with Gasteiger partial charge in [0.25, 0.3) is 6.26 Å². The minimum atomic E-state index is -1.03. The molecule has 3 rings (SSSR count). The fourth-order valence-electron chi connectivity index (χ4n) is 4.34. The van der Waals surface area contributed by atoms with Crippen LogP contribution in [0, 0.1) is 22.3 Å². The maximum Gasteiger partial charge on any atom is 0.329 e. The monoisotopic (exact) mass is 415 g/mol. The van der Waals surface area contributed by atoms with Crippen LogP contribution in [0.2, 0.25) is 0 Å². The van der Waals surface area contributed by atoms with Crippen LogP contribution in [0.3, 0.4) is 0 Å². The van der Waals surface area contributed by atoms with Gasteiger partial charge < -0.3 is 9.47 Å². The molecule has 1 aliphatic carbocycles. The molecule has 0 spiro atoms. The molecule has 144 valence electrons. The number of nitrogens with zero attached hydrogens (tertiary/aromatic N) is 1. The SMILES string of the molecule is CC1(C)C(C=C(Cl)Cl)(c2cccc(Oc3ccccc3)c2)[C@@]1(C)C(=O)OC#N. The van der Waals surface area contributed by atoms with Gasteiger partial charge in [0.05, 0.1) is 5.41 Å². The molecule has 0 heterocycles. The molecule has 1 aliphatic rings. The molecule has 0 bridgehead atoms. The van der Waals surface area contributed by atoms with Gasteiger partial charge in [0.1, 0.15) is 16.0 Å². The van der Waals surface area contributed by atoms with Crippen molar-refractivity contribution in [3.05, 3.63) is 70.7 Å². The Labute approximate surface area is 174 Å². The highest BCUT2D eigenvalue weighted by Crippen LogP contribution is 2.79. The van der Waals surface area contributed by atoms with Crippen molar-refractivity contribution in [2.75, 3.05) is 0 Å². The molecule has 2 aromatic carbocycles. The predicted molar refractivity (Wildman–Crippen MR) is 108 cm³/mol. The average Bonchev–Trinajstić information content (AvgIpc) is 3.04. The Hall–Kier alpha value is -2.48. The van der Waals surface area contributed by atoms with Crippen molar-refractivity contribution in [1.82, 2.24) is 0 Å². The van der Waals surface area contributed by atoms with E-state index in [0.717, 1.165) is 5.56 Å². The summed E-state index contributed by atoms with van der Waals surface area (Å²) in [6.45, 7) is 5.60. The first-order valence-electron chi connectivity index (χ1n) is 8.68. The van der Waals surface area contributed by atoms with E-state index in [-0.39, 0.29) is 4.49 Å². The second-order valence-corrected chi connectivity index (χ2v) is 8.42. The van der Waals surface area contributed by atoms with Crippen molar-refractivity contribution in [2.24, 2.45) is 10.8 Å². The van der Waals surface area contributed by atoms with Gasteiger partial charge in [0.2, 0.25) is 0 Å². The number of esters is 1. The van der Waals surface area contributed by atoms with E-state index in [9.17, 15) is 4.79 Å². The van der Waals surface area contributed by atoms with Crippen molar-refractivity contribution in [1.29, 1.82) is 5.26 Å². The molecule has 2 atom stereocenters. The lowest BCUT2D eigenvalue weighted by molar-refractivity contribution is -0.144. The highest BCUT2D eigenvalue weighted by molar-refractivity contribution is 6.56. The second kappa shape index (κ2) is 7.16. The normalized spacial score (nSPS) is 24.6. The lowest BCUT2D eigenvalue weighted by atomic mass is 9.85. The van der Waals surface area contributed by atoms with E-state index >= 15 is 0 Å². The van der Waals surface area contributed by atoms with Crippen LogP contribution in [0.1, 0.15) is 26.3 Å². The number of carbonyl (C=O) groups excluding carboxylic acids is 1. The average molecular weight is 416 g/mol. The first-order valence-corrected chi connectivity index (χ1v) is 9.44. The first kappa shape index (κ1) is 20.3. The van der Waals surface area contributed by atoms with Crippen LogP contribution in [0.25, 0.3) is 0 Å². The Morgan fingerprint density at radius 3 is 2.29 bits per heavy atom. The van der Waals surface area contributed by atoms with Crippen LogP contribution >= 0.6 is 23.2 Å². The number of halogens is 2. The van der Waals surface area contributed by atoms with Gasteiger partial charge in [-0.15, -0.1) is 5.26 Å². The summed E-state index contributed by atoms with van der Waals surface area (Å²) in [5, 5.41) is 8.85. The van der Waals surface area contributed by atoms with Crippen LogP contribution in [0.5, 0.6) is 11.5 Å². The highest BCUT2D eigenvalue weighted by atomic mass is 35.5. The van der Waals surface area contributed by atoms with Gasteiger partial charge in [0, 0.05) is 5.41 Å². The van der Waals surface area contributed by atoms with Gasteiger partial charge in [-0.3, -0.25) is 4.79 Å². The summed E-state index contributed by atoms with van der Waals surface area (Å²) in [6, 6.07) is 16.8. The fourth-order valence-corrected chi connectivity index (χ4v) is 4.67. The third-order valence-electron chi connectivity index (χ3n) is 6.10. The predicted octanol–water partition coefficient (Wildman–Crippen LogP) is 6.11. The summed E-state index contributed by atoms with van der Waals surface area (Å²) in [5.41, 5.74) is -1.70. The number of para-hydroxylation sites is 1. The molecule has 0 saturated heterocycles. The van der Waals surface area contributed by atoms with Crippen LogP contribution in [0.4, 0.5) is 0 Å². The number of hydrogen-bond acceptors (Lipinski definition) is 4. The number of allylic oxidation sites excluding steroid dienone is 1. The summed E-state index contributed by atoms with van der Waals surface area (Å²) in [7, 11) is 0. The molecule has 0 amide bonds. The van der Waals surface area contributed by atoms with Crippen molar-refractivity contribution in [2.45, 2.75) is 26.2 Å². The van der Waals surface area contributed by atoms with Crippen LogP contribution in [-0.4, -0.2) is 5.97 Å². The topological polar surface area (TPSA) is 59.3 Å². The fraction of sp³-hybridized carbons (Fsp3) is 0.273.